The summed E-state index contributed by atoms with van der Waals surface area (Å²) in [5, 5.41) is 1.47. The van der Waals surface area contributed by atoms with Gasteiger partial charge in [-0.05, 0) is 45.1 Å². The van der Waals surface area contributed by atoms with E-state index in [0.717, 1.165) is 11.0 Å². The molecular formula is C24H33BO2SSi. The van der Waals surface area contributed by atoms with Gasteiger partial charge in [-0.2, -0.15) is 0 Å². The van der Waals surface area contributed by atoms with Gasteiger partial charge in [-0.15, -0.1) is 11.8 Å². The summed E-state index contributed by atoms with van der Waals surface area (Å²) < 4.78 is 13.0. The van der Waals surface area contributed by atoms with E-state index in [1.54, 1.807) is 11.8 Å². The lowest BCUT2D eigenvalue weighted by Crippen LogP contribution is -2.41. The Morgan fingerprint density at radius 3 is 1.76 bits per heavy atom. The second-order valence-corrected chi connectivity index (χ2v) is 15.6. The van der Waals surface area contributed by atoms with E-state index >= 15 is 0 Å². The molecule has 0 saturated carbocycles. The normalized spacial score (nSPS) is 19.2. The monoisotopic (exact) mass is 424 g/mol. The Morgan fingerprint density at radius 1 is 0.793 bits per heavy atom. The molecule has 0 amide bonds. The Kier molecular flexibility index (Phi) is 6.27. The Labute approximate surface area is 182 Å². The van der Waals surface area contributed by atoms with Crippen molar-refractivity contribution in [2.45, 2.75) is 58.5 Å². The highest BCUT2D eigenvalue weighted by Crippen LogP contribution is 2.44. The van der Waals surface area contributed by atoms with Gasteiger partial charge in [0.2, 0.25) is 0 Å². The lowest BCUT2D eigenvalue weighted by molar-refractivity contribution is 0.00578. The van der Waals surface area contributed by atoms with Gasteiger partial charge in [0.15, 0.2) is 0 Å². The van der Waals surface area contributed by atoms with E-state index in [2.05, 4.69) is 102 Å². The molecule has 154 valence electrons. The van der Waals surface area contributed by atoms with Crippen LogP contribution in [0.25, 0.3) is 10.4 Å². The van der Waals surface area contributed by atoms with Crippen molar-refractivity contribution in [3.63, 3.8) is 0 Å². The highest BCUT2D eigenvalue weighted by atomic mass is 32.2. The fourth-order valence-electron chi connectivity index (χ4n) is 3.46. The fourth-order valence-corrected chi connectivity index (χ4v) is 5.43. The number of hydrogen-bond donors (Lipinski definition) is 0. The van der Waals surface area contributed by atoms with Crippen molar-refractivity contribution in [2.24, 2.45) is 0 Å². The standard InChI is InChI=1S/C24H33BO2SSi/c1-23(2)24(3,4)27-25(26-23)21(18-12-10-9-11-13-18)22(28-5)19-14-16-20(17-15-19)29(6,7)8/h9-17H,1-8H3/b22-21-. The van der Waals surface area contributed by atoms with Crippen LogP contribution in [-0.2, 0) is 9.31 Å². The maximum Gasteiger partial charge on any atom is 0.496 e. The van der Waals surface area contributed by atoms with Gasteiger partial charge in [0.1, 0.15) is 0 Å². The first-order chi connectivity index (χ1) is 13.5. The Hall–Kier alpha value is -1.27. The van der Waals surface area contributed by atoms with Crippen molar-refractivity contribution >= 4 is 42.5 Å². The molecule has 0 radical (unpaired) electrons. The van der Waals surface area contributed by atoms with Crippen molar-refractivity contribution in [3.8, 4) is 0 Å². The smallest absolute Gasteiger partial charge is 0.399 e. The van der Waals surface area contributed by atoms with Crippen molar-refractivity contribution in [1.82, 2.24) is 0 Å². The fraction of sp³-hybridized carbons (Fsp3) is 0.417. The molecule has 0 atom stereocenters. The molecule has 0 aliphatic carbocycles. The largest absolute Gasteiger partial charge is 0.496 e. The van der Waals surface area contributed by atoms with Gasteiger partial charge in [-0.1, -0.05) is 79.4 Å². The SMILES string of the molecule is CS/C(=C(\B1OC(C)(C)C(C)(C)O1)c1ccccc1)c1ccc([Si](C)(C)C)cc1. The second-order valence-electron chi connectivity index (χ2n) is 9.73. The van der Waals surface area contributed by atoms with Gasteiger partial charge in [0, 0.05) is 10.4 Å². The molecule has 3 rings (SSSR count). The summed E-state index contributed by atoms with van der Waals surface area (Å²) in [6.07, 6.45) is 2.13. The van der Waals surface area contributed by atoms with Crippen molar-refractivity contribution in [1.29, 1.82) is 0 Å². The van der Waals surface area contributed by atoms with Crippen LogP contribution >= 0.6 is 11.8 Å². The third kappa shape index (κ3) is 4.58. The molecule has 0 unspecified atom stereocenters. The average molecular weight is 424 g/mol. The third-order valence-corrected chi connectivity index (χ3v) is 8.96. The Bertz CT molecular complexity index is 867. The molecule has 1 aliphatic rings. The van der Waals surface area contributed by atoms with E-state index in [4.69, 9.17) is 9.31 Å². The van der Waals surface area contributed by atoms with Crippen LogP contribution in [0.4, 0.5) is 0 Å². The first-order valence-corrected chi connectivity index (χ1v) is 15.0. The van der Waals surface area contributed by atoms with E-state index in [1.165, 1.54) is 15.7 Å². The minimum atomic E-state index is -1.33. The number of rotatable bonds is 5. The third-order valence-electron chi connectivity index (χ3n) is 6.04. The summed E-state index contributed by atoms with van der Waals surface area (Å²) >= 11 is 1.76. The van der Waals surface area contributed by atoms with Gasteiger partial charge in [0.25, 0.3) is 0 Å². The van der Waals surface area contributed by atoms with E-state index in [1.807, 2.05) is 6.07 Å². The lowest BCUT2D eigenvalue weighted by atomic mass is 9.73. The number of benzene rings is 2. The van der Waals surface area contributed by atoms with Crippen LogP contribution in [-0.4, -0.2) is 32.7 Å². The summed E-state index contributed by atoms with van der Waals surface area (Å²) in [5.74, 6) is 0. The molecule has 2 nitrogen and oxygen atoms in total. The van der Waals surface area contributed by atoms with Crippen LogP contribution in [0.5, 0.6) is 0 Å². The van der Waals surface area contributed by atoms with Gasteiger partial charge in [0.05, 0.1) is 19.3 Å². The molecule has 0 bridgehead atoms. The molecule has 0 aromatic heterocycles. The molecular weight excluding hydrogens is 391 g/mol. The van der Waals surface area contributed by atoms with Crippen molar-refractivity contribution < 1.29 is 9.31 Å². The van der Waals surface area contributed by atoms with Crippen LogP contribution in [0.1, 0.15) is 38.8 Å². The Balaban J connectivity index is 2.14. The molecule has 2 aromatic carbocycles. The van der Waals surface area contributed by atoms with Crippen LogP contribution in [0, 0.1) is 0 Å². The average Bonchev–Trinajstić information content (AvgIpc) is 2.86. The highest BCUT2D eigenvalue weighted by molar-refractivity contribution is 8.08. The summed E-state index contributed by atoms with van der Waals surface area (Å²) in [6.45, 7) is 15.6. The number of thioether (sulfide) groups is 1. The minimum absolute atomic E-state index is 0.372. The van der Waals surface area contributed by atoms with Gasteiger partial charge >= 0.3 is 7.12 Å². The zero-order valence-electron chi connectivity index (χ0n) is 19.0. The highest BCUT2D eigenvalue weighted by Gasteiger charge is 2.53. The molecule has 0 spiro atoms. The van der Waals surface area contributed by atoms with Crippen LogP contribution in [0.2, 0.25) is 19.6 Å². The number of hydrogen-bond acceptors (Lipinski definition) is 3. The van der Waals surface area contributed by atoms with E-state index in [-0.39, 0.29) is 11.2 Å². The van der Waals surface area contributed by atoms with Crippen molar-refractivity contribution in [2.75, 3.05) is 6.26 Å². The predicted octanol–water partition coefficient (Wildman–Crippen LogP) is 6.09. The van der Waals surface area contributed by atoms with E-state index < -0.39 is 15.2 Å². The predicted molar refractivity (Wildman–Crippen MR) is 132 cm³/mol. The van der Waals surface area contributed by atoms with Gasteiger partial charge in [-0.3, -0.25) is 0 Å². The second kappa shape index (κ2) is 8.10. The molecule has 1 aliphatic heterocycles. The molecule has 5 heteroatoms. The minimum Gasteiger partial charge on any atom is -0.399 e. The van der Waals surface area contributed by atoms with Crippen LogP contribution in [0.3, 0.4) is 0 Å². The quantitative estimate of drug-likeness (QED) is 0.427. The zero-order chi connectivity index (χ0) is 21.4. The summed E-state index contributed by atoms with van der Waals surface area (Å²) in [4.78, 5) is 1.21. The molecule has 29 heavy (non-hydrogen) atoms. The van der Waals surface area contributed by atoms with Crippen LogP contribution in [0.15, 0.2) is 54.6 Å². The van der Waals surface area contributed by atoms with Gasteiger partial charge < -0.3 is 9.31 Å². The molecule has 1 heterocycles. The maximum absolute atomic E-state index is 6.48. The molecule has 1 saturated heterocycles. The summed E-state index contributed by atoms with van der Waals surface area (Å²) in [5.41, 5.74) is 2.72. The van der Waals surface area contributed by atoms with Crippen molar-refractivity contribution in [3.05, 3.63) is 65.7 Å². The summed E-state index contributed by atoms with van der Waals surface area (Å²) in [7, 11) is -1.73. The van der Waals surface area contributed by atoms with E-state index in [0.29, 0.717) is 0 Å². The lowest BCUT2D eigenvalue weighted by Gasteiger charge is -2.32. The van der Waals surface area contributed by atoms with E-state index in [9.17, 15) is 0 Å². The Morgan fingerprint density at radius 2 is 1.31 bits per heavy atom. The van der Waals surface area contributed by atoms with Crippen LogP contribution < -0.4 is 5.19 Å². The molecule has 0 N–H and O–H groups in total. The first-order valence-electron chi connectivity index (χ1n) is 10.3. The summed E-state index contributed by atoms with van der Waals surface area (Å²) in [6, 6.07) is 19.6. The molecule has 1 fully saturated rings. The zero-order valence-corrected chi connectivity index (χ0v) is 20.8. The van der Waals surface area contributed by atoms with Gasteiger partial charge in [-0.25, -0.2) is 0 Å². The maximum atomic E-state index is 6.48. The molecule has 2 aromatic rings. The topological polar surface area (TPSA) is 18.5 Å². The first kappa shape index (κ1) is 22.4.